The zero-order valence-electron chi connectivity index (χ0n) is 9.50. The molecule has 0 saturated carbocycles. The predicted molar refractivity (Wildman–Crippen MR) is 72.1 cm³/mol. The molecule has 0 radical (unpaired) electrons. The highest BCUT2D eigenvalue weighted by Gasteiger charge is 2.16. The second-order valence-electron chi connectivity index (χ2n) is 3.64. The predicted octanol–water partition coefficient (Wildman–Crippen LogP) is 2.47. The number of hydrogen-bond donors (Lipinski definition) is 1. The van der Waals surface area contributed by atoms with E-state index in [2.05, 4.69) is 4.72 Å². The Morgan fingerprint density at radius 3 is 2.72 bits per heavy atom. The van der Waals surface area contributed by atoms with E-state index in [0.717, 1.165) is 22.5 Å². The van der Waals surface area contributed by atoms with Gasteiger partial charge in [0.05, 0.1) is 0 Å². The van der Waals surface area contributed by atoms with E-state index in [-0.39, 0.29) is 10.8 Å². The molecule has 2 aromatic rings. The van der Waals surface area contributed by atoms with Crippen molar-refractivity contribution >= 4 is 32.7 Å². The molecule has 0 atom stereocenters. The molecular formula is C11H10N2O2S3. The minimum atomic E-state index is -3.52. The summed E-state index contributed by atoms with van der Waals surface area (Å²) < 4.78 is 26.6. The lowest BCUT2D eigenvalue weighted by Gasteiger charge is -2.04. The molecular weight excluding hydrogens is 288 g/mol. The van der Waals surface area contributed by atoms with Crippen molar-refractivity contribution in [1.29, 1.82) is 5.26 Å². The van der Waals surface area contributed by atoms with Crippen LogP contribution >= 0.6 is 22.7 Å². The molecule has 0 aliphatic carbocycles. The second kappa shape index (κ2) is 5.20. The molecule has 0 fully saturated rings. The summed E-state index contributed by atoms with van der Waals surface area (Å²) >= 11 is 2.52. The van der Waals surface area contributed by atoms with Gasteiger partial charge in [-0.1, -0.05) is 0 Å². The van der Waals surface area contributed by atoms with Crippen molar-refractivity contribution in [3.05, 3.63) is 38.9 Å². The summed E-state index contributed by atoms with van der Waals surface area (Å²) in [6.45, 7) is 2.22. The molecule has 1 N–H and O–H groups in total. The average molecular weight is 298 g/mol. The minimum absolute atomic E-state index is 0.173. The molecule has 94 valence electrons. The van der Waals surface area contributed by atoms with Gasteiger partial charge in [-0.05, 0) is 40.9 Å². The first-order chi connectivity index (χ1) is 8.53. The molecule has 2 aromatic heterocycles. The number of nitrogens with zero attached hydrogens (tertiary/aromatic N) is 1. The first-order valence-corrected chi connectivity index (χ1v) is 8.28. The number of aryl methyl sites for hydroxylation is 1. The largest absolute Gasteiger partial charge is 0.250 e. The van der Waals surface area contributed by atoms with Gasteiger partial charge in [-0.2, -0.15) is 16.6 Å². The third-order valence-electron chi connectivity index (χ3n) is 2.37. The summed E-state index contributed by atoms with van der Waals surface area (Å²) in [6.07, 6.45) is 0. The summed E-state index contributed by atoms with van der Waals surface area (Å²) in [6, 6.07) is 4.89. The Morgan fingerprint density at radius 1 is 1.39 bits per heavy atom. The number of thiophene rings is 2. The average Bonchev–Trinajstić information content (AvgIpc) is 2.95. The van der Waals surface area contributed by atoms with Gasteiger partial charge in [0.1, 0.15) is 15.2 Å². The first-order valence-electron chi connectivity index (χ1n) is 5.04. The van der Waals surface area contributed by atoms with Gasteiger partial charge in [0.2, 0.25) is 10.0 Å². The van der Waals surface area contributed by atoms with Crippen LogP contribution in [-0.2, 0) is 16.6 Å². The fraction of sp³-hybridized carbons (Fsp3) is 0.182. The van der Waals surface area contributed by atoms with E-state index in [1.54, 1.807) is 11.3 Å². The highest BCUT2D eigenvalue weighted by atomic mass is 32.2. The van der Waals surface area contributed by atoms with Gasteiger partial charge < -0.3 is 0 Å². The molecule has 0 unspecified atom stereocenters. The third-order valence-corrected chi connectivity index (χ3v) is 6.16. The lowest BCUT2D eigenvalue weighted by molar-refractivity contribution is 0.583. The van der Waals surface area contributed by atoms with Crippen LogP contribution in [0.5, 0.6) is 0 Å². The Morgan fingerprint density at radius 2 is 2.17 bits per heavy atom. The van der Waals surface area contributed by atoms with Crippen LogP contribution in [0.2, 0.25) is 0 Å². The second-order valence-corrected chi connectivity index (χ2v) is 7.46. The first kappa shape index (κ1) is 13.2. The lowest BCUT2D eigenvalue weighted by atomic mass is 10.2. The Hall–Kier alpha value is -1.20. The van der Waals surface area contributed by atoms with Crippen molar-refractivity contribution in [2.45, 2.75) is 17.7 Å². The minimum Gasteiger partial charge on any atom is -0.206 e. The summed E-state index contributed by atoms with van der Waals surface area (Å²) in [7, 11) is -3.52. The fourth-order valence-corrected chi connectivity index (χ4v) is 4.35. The van der Waals surface area contributed by atoms with Crippen molar-refractivity contribution in [2.75, 3.05) is 0 Å². The van der Waals surface area contributed by atoms with Gasteiger partial charge in [0.15, 0.2) is 0 Å². The molecule has 0 aliphatic heterocycles. The Balaban J connectivity index is 2.13. The molecule has 18 heavy (non-hydrogen) atoms. The summed E-state index contributed by atoms with van der Waals surface area (Å²) in [5.74, 6) is 0. The maximum absolute atomic E-state index is 12.0. The number of hydrogen-bond acceptors (Lipinski definition) is 5. The van der Waals surface area contributed by atoms with E-state index < -0.39 is 10.0 Å². The molecule has 0 amide bonds. The van der Waals surface area contributed by atoms with Crippen molar-refractivity contribution in [3.63, 3.8) is 0 Å². The van der Waals surface area contributed by atoms with Crippen molar-refractivity contribution in [1.82, 2.24) is 4.72 Å². The van der Waals surface area contributed by atoms with E-state index in [1.807, 2.05) is 23.8 Å². The van der Waals surface area contributed by atoms with Gasteiger partial charge >= 0.3 is 0 Å². The third kappa shape index (κ3) is 2.79. The van der Waals surface area contributed by atoms with Crippen LogP contribution in [0.4, 0.5) is 0 Å². The highest BCUT2D eigenvalue weighted by molar-refractivity contribution is 7.91. The molecule has 0 saturated heterocycles. The van der Waals surface area contributed by atoms with Gasteiger partial charge in [-0.25, -0.2) is 13.1 Å². The van der Waals surface area contributed by atoms with Crippen LogP contribution in [-0.4, -0.2) is 8.42 Å². The molecule has 7 heteroatoms. The SMILES string of the molecule is Cc1cscc1CNS(=O)(=O)c1ccc(C#N)s1. The topological polar surface area (TPSA) is 70.0 Å². The van der Waals surface area contributed by atoms with Crippen molar-refractivity contribution in [2.24, 2.45) is 0 Å². The molecule has 0 aliphatic rings. The van der Waals surface area contributed by atoms with Gasteiger partial charge in [-0.3, -0.25) is 0 Å². The normalized spacial score (nSPS) is 11.3. The molecule has 0 bridgehead atoms. The Labute approximate surface area is 114 Å². The zero-order valence-corrected chi connectivity index (χ0v) is 12.0. The summed E-state index contributed by atoms with van der Waals surface area (Å²) in [5.41, 5.74) is 2.05. The number of nitriles is 1. The van der Waals surface area contributed by atoms with Gasteiger partial charge in [0, 0.05) is 6.54 Å². The molecule has 0 spiro atoms. The zero-order chi connectivity index (χ0) is 13.2. The van der Waals surface area contributed by atoms with E-state index in [4.69, 9.17) is 5.26 Å². The van der Waals surface area contributed by atoms with Crippen molar-refractivity contribution < 1.29 is 8.42 Å². The fourth-order valence-electron chi connectivity index (χ4n) is 1.34. The summed E-state index contributed by atoms with van der Waals surface area (Å²) in [4.78, 5) is 0.391. The Kier molecular flexibility index (Phi) is 3.82. The maximum Gasteiger partial charge on any atom is 0.250 e. The van der Waals surface area contributed by atoms with Crippen molar-refractivity contribution in [3.8, 4) is 6.07 Å². The quantitative estimate of drug-likeness (QED) is 0.942. The molecule has 0 aromatic carbocycles. The van der Waals surface area contributed by atoms with Gasteiger partial charge in [0.25, 0.3) is 0 Å². The van der Waals surface area contributed by atoms with Crippen LogP contribution in [0.15, 0.2) is 27.1 Å². The van der Waals surface area contributed by atoms with Gasteiger partial charge in [-0.15, -0.1) is 11.3 Å². The number of nitrogens with one attached hydrogen (secondary N) is 1. The molecule has 2 heterocycles. The molecule has 4 nitrogen and oxygen atoms in total. The van der Waals surface area contributed by atoms with Crippen LogP contribution in [0.25, 0.3) is 0 Å². The highest BCUT2D eigenvalue weighted by Crippen LogP contribution is 2.21. The Bertz CT molecular complexity index is 692. The van der Waals surface area contributed by atoms with Crippen LogP contribution in [0.1, 0.15) is 16.0 Å². The van der Waals surface area contributed by atoms with E-state index in [1.165, 1.54) is 12.1 Å². The van der Waals surface area contributed by atoms with E-state index in [0.29, 0.717) is 4.88 Å². The van der Waals surface area contributed by atoms with Crippen LogP contribution in [0, 0.1) is 18.3 Å². The summed E-state index contributed by atoms with van der Waals surface area (Å²) in [5, 5.41) is 12.6. The van der Waals surface area contributed by atoms with Crippen LogP contribution < -0.4 is 4.72 Å². The van der Waals surface area contributed by atoms with Crippen LogP contribution in [0.3, 0.4) is 0 Å². The standard InChI is InChI=1S/C11H10N2O2S3/c1-8-6-16-7-9(8)5-13-18(14,15)11-3-2-10(4-12)17-11/h2-3,6-7,13H,5H2,1H3. The number of sulfonamides is 1. The van der Waals surface area contributed by atoms with E-state index >= 15 is 0 Å². The molecule has 2 rings (SSSR count). The lowest BCUT2D eigenvalue weighted by Crippen LogP contribution is -2.22. The monoisotopic (exact) mass is 298 g/mol. The number of rotatable bonds is 4. The smallest absolute Gasteiger partial charge is 0.206 e. The van der Waals surface area contributed by atoms with E-state index in [9.17, 15) is 8.42 Å². The maximum atomic E-state index is 12.0.